The van der Waals surface area contributed by atoms with Crippen LogP contribution in [0, 0.1) is 0 Å². The Morgan fingerprint density at radius 2 is 1.63 bits per heavy atom. The molecule has 38 heavy (non-hydrogen) atoms. The Kier molecular flexibility index (Phi) is 9.07. The van der Waals surface area contributed by atoms with Crippen LogP contribution in [0.5, 0.6) is 0 Å². The van der Waals surface area contributed by atoms with E-state index in [1.54, 1.807) is 0 Å². The molecule has 0 amide bonds. The summed E-state index contributed by atoms with van der Waals surface area (Å²) in [6.07, 6.45) is 13.6. The van der Waals surface area contributed by atoms with Gasteiger partial charge < -0.3 is 0 Å². The molecule has 3 aromatic rings. The van der Waals surface area contributed by atoms with Gasteiger partial charge >= 0.3 is 240 Å². The number of carbonyl (C=O) groups excluding carboxylic acids is 1. The summed E-state index contributed by atoms with van der Waals surface area (Å²) >= 11 is 0.267. The first kappa shape index (κ1) is 27.2. The monoisotopic (exact) mass is 641 g/mol. The predicted molar refractivity (Wildman–Crippen MR) is 159 cm³/mol. The second-order valence-electron chi connectivity index (χ2n) is 10.0. The Bertz CT molecular complexity index is 1420. The van der Waals surface area contributed by atoms with Gasteiger partial charge in [0.15, 0.2) is 0 Å². The average molecular weight is 640 g/mol. The number of ketones is 1. The average Bonchev–Trinajstić information content (AvgIpc) is 3.48. The van der Waals surface area contributed by atoms with E-state index >= 15 is 0 Å². The summed E-state index contributed by atoms with van der Waals surface area (Å²) in [6, 6.07) is 17.1. The van der Waals surface area contributed by atoms with Crippen LogP contribution in [-0.4, -0.2) is 46.9 Å². The van der Waals surface area contributed by atoms with Gasteiger partial charge in [0.2, 0.25) is 0 Å². The van der Waals surface area contributed by atoms with Crippen molar-refractivity contribution in [1.29, 1.82) is 0 Å². The van der Waals surface area contributed by atoms with Gasteiger partial charge in [0, 0.05) is 0 Å². The fourth-order valence-corrected chi connectivity index (χ4v) is 9.88. The molecule has 0 atom stereocenters. The number of para-hydroxylation sites is 2. The molecule has 2 aliphatic rings. The first-order chi connectivity index (χ1) is 18.6. The molecule has 2 aromatic carbocycles. The van der Waals surface area contributed by atoms with Crippen molar-refractivity contribution in [3.8, 4) is 0 Å². The van der Waals surface area contributed by atoms with Crippen LogP contribution in [0.25, 0.3) is 15.9 Å². The zero-order valence-electron chi connectivity index (χ0n) is 22.4. The maximum atomic E-state index is 13.3. The summed E-state index contributed by atoms with van der Waals surface area (Å²) < 4.78 is 7.43. The Labute approximate surface area is 238 Å². The molecule has 198 valence electrons. The number of nitrogens with zero attached hydrogens (tertiary/aromatic N) is 2. The fourth-order valence-electron chi connectivity index (χ4n) is 5.13. The molecule has 0 bridgehead atoms. The number of fused-ring (bicyclic) bond motifs is 2. The van der Waals surface area contributed by atoms with Crippen molar-refractivity contribution in [2.24, 2.45) is 0 Å². The van der Waals surface area contributed by atoms with E-state index in [0.717, 1.165) is 25.9 Å². The first-order valence-corrected chi connectivity index (χ1v) is 17.4. The Morgan fingerprint density at radius 3 is 2.42 bits per heavy atom. The van der Waals surface area contributed by atoms with Crippen LogP contribution in [0.15, 0.2) is 76.1 Å². The van der Waals surface area contributed by atoms with Crippen molar-refractivity contribution in [2.75, 3.05) is 11.4 Å². The van der Waals surface area contributed by atoms with E-state index in [1.807, 2.05) is 12.2 Å². The standard InChI is InChI=1S/C32H36N2O2Se2/c1-3-5-7-13-19-33-25-15-9-11-17-27(25)37-29(33)21-23-31(35)24(32(23)36)22-30-34(20-14-8-6-4-2)26-16-10-12-18-28(26)38-30/h9-12,15-18,21-22H,3-8,13-14,19-20H2,1-2H3/p+1. The predicted octanol–water partition coefficient (Wildman–Crippen LogP) is 5.81. The second-order valence-corrected chi connectivity index (χ2v) is 14.5. The summed E-state index contributed by atoms with van der Waals surface area (Å²) in [4.78, 5) is 15.7. The van der Waals surface area contributed by atoms with Gasteiger partial charge in [-0.3, -0.25) is 0 Å². The van der Waals surface area contributed by atoms with Crippen molar-refractivity contribution in [3.63, 3.8) is 0 Å². The molecule has 4 nitrogen and oxygen atoms in total. The molecule has 1 aliphatic carbocycles. The summed E-state index contributed by atoms with van der Waals surface area (Å²) in [5, 5.41) is 11.1. The third kappa shape index (κ3) is 5.65. The van der Waals surface area contributed by atoms with Crippen LogP contribution in [0.2, 0.25) is 0 Å². The van der Waals surface area contributed by atoms with E-state index in [2.05, 4.69) is 71.8 Å². The SMILES string of the molecule is CCCCCCN1/C(=C\C2=C(O)C(=C/c3[se]c4ccccc4[n+]3CCCCCC)/C2=O)[Se]c2ccccc21. The molecule has 2 heterocycles. The number of hydrogen-bond acceptors (Lipinski definition) is 3. The molecule has 0 saturated carbocycles. The normalized spacial score (nSPS) is 17.2. The Morgan fingerprint density at radius 1 is 0.895 bits per heavy atom. The quantitative estimate of drug-likeness (QED) is 0.118. The van der Waals surface area contributed by atoms with Crippen LogP contribution in [-0.2, 0) is 11.3 Å². The van der Waals surface area contributed by atoms with Crippen molar-refractivity contribution < 1.29 is 14.5 Å². The zero-order chi connectivity index (χ0) is 26.5. The van der Waals surface area contributed by atoms with Gasteiger partial charge in [0.05, 0.1) is 0 Å². The molecule has 0 unspecified atom stereocenters. The molecule has 6 heteroatoms. The molecule has 0 saturated heterocycles. The minimum absolute atomic E-state index is 0.0297. The van der Waals surface area contributed by atoms with Crippen molar-refractivity contribution in [2.45, 2.75) is 71.8 Å². The summed E-state index contributed by atoms with van der Waals surface area (Å²) in [6.45, 7) is 6.39. The Balaban J connectivity index is 1.42. The third-order valence-electron chi connectivity index (χ3n) is 7.28. The summed E-state index contributed by atoms with van der Waals surface area (Å²) in [5.74, 6) is 0.128. The Hall–Kier alpha value is -2.36. The van der Waals surface area contributed by atoms with Crippen molar-refractivity contribution in [1.82, 2.24) is 0 Å². The molecule has 0 spiro atoms. The number of hydrogen-bond donors (Lipinski definition) is 1. The fraction of sp³-hybridized carbons (Fsp3) is 0.375. The van der Waals surface area contributed by atoms with Gasteiger partial charge in [0.25, 0.3) is 0 Å². The molecule has 1 N–H and O–H groups in total. The van der Waals surface area contributed by atoms with Crippen LogP contribution in [0.3, 0.4) is 0 Å². The number of aryl methyl sites for hydroxylation is 1. The van der Waals surface area contributed by atoms with Crippen LogP contribution in [0.4, 0.5) is 5.69 Å². The number of benzene rings is 2. The molecule has 5 rings (SSSR count). The van der Waals surface area contributed by atoms with E-state index in [1.165, 1.54) is 67.6 Å². The van der Waals surface area contributed by atoms with Gasteiger partial charge in [0.1, 0.15) is 0 Å². The molecule has 0 radical (unpaired) electrons. The second kappa shape index (κ2) is 12.7. The number of Topliss-reactive ketones (excluding diaryl/α,β-unsaturated/α-hetero) is 1. The molecular formula is C32H37N2O2Se2+. The molecular weight excluding hydrogens is 602 g/mol. The number of aliphatic hydroxyl groups is 1. The minimum atomic E-state index is -0.0297. The molecule has 1 aromatic heterocycles. The summed E-state index contributed by atoms with van der Waals surface area (Å²) in [5.41, 5.74) is 3.47. The van der Waals surface area contributed by atoms with E-state index in [9.17, 15) is 9.90 Å². The van der Waals surface area contributed by atoms with Gasteiger partial charge in [-0.2, -0.15) is 0 Å². The molecule has 0 fully saturated rings. The van der Waals surface area contributed by atoms with Gasteiger partial charge in [-0.25, -0.2) is 0 Å². The first-order valence-electron chi connectivity index (χ1n) is 14.0. The van der Waals surface area contributed by atoms with Crippen LogP contribution in [0.1, 0.15) is 69.8 Å². The summed E-state index contributed by atoms with van der Waals surface area (Å²) in [7, 11) is 0. The number of anilines is 1. The third-order valence-corrected chi connectivity index (χ3v) is 11.9. The number of unbranched alkanes of at least 4 members (excludes halogenated alkanes) is 6. The van der Waals surface area contributed by atoms with E-state index in [0.29, 0.717) is 11.1 Å². The zero-order valence-corrected chi connectivity index (χ0v) is 25.8. The van der Waals surface area contributed by atoms with Gasteiger partial charge in [-0.1, -0.05) is 0 Å². The topological polar surface area (TPSA) is 44.4 Å². The van der Waals surface area contributed by atoms with Gasteiger partial charge in [-0.15, -0.1) is 0 Å². The maximum absolute atomic E-state index is 13.3. The number of aromatic nitrogens is 1. The van der Waals surface area contributed by atoms with E-state index in [4.69, 9.17) is 0 Å². The van der Waals surface area contributed by atoms with Crippen LogP contribution >= 0.6 is 0 Å². The number of carbonyl (C=O) groups is 1. The number of allylic oxidation sites excluding steroid dienone is 3. The number of rotatable bonds is 12. The van der Waals surface area contributed by atoms with E-state index in [-0.39, 0.29) is 41.0 Å². The molecule has 1 aliphatic heterocycles. The van der Waals surface area contributed by atoms with Gasteiger partial charge in [-0.05, 0) is 0 Å². The van der Waals surface area contributed by atoms with Crippen molar-refractivity contribution in [3.05, 3.63) is 80.7 Å². The number of aliphatic hydroxyl groups excluding tert-OH is 1. The van der Waals surface area contributed by atoms with Crippen molar-refractivity contribution >= 4 is 61.2 Å². The van der Waals surface area contributed by atoms with E-state index < -0.39 is 0 Å². The van der Waals surface area contributed by atoms with Crippen LogP contribution < -0.4 is 13.9 Å².